The van der Waals surface area contributed by atoms with Gasteiger partial charge in [0.05, 0.1) is 18.9 Å². The molecule has 0 radical (unpaired) electrons. The van der Waals surface area contributed by atoms with E-state index in [0.29, 0.717) is 35.7 Å². The summed E-state index contributed by atoms with van der Waals surface area (Å²) in [6.45, 7) is 4.61. The lowest BCUT2D eigenvalue weighted by Gasteiger charge is -2.12. The Kier molecular flexibility index (Phi) is 5.00. The van der Waals surface area contributed by atoms with Crippen LogP contribution in [0.3, 0.4) is 0 Å². The van der Waals surface area contributed by atoms with E-state index in [1.165, 1.54) is 0 Å². The number of nitrogens with two attached hydrogens (primary N) is 1. The Morgan fingerprint density at radius 3 is 2.76 bits per heavy atom. The van der Waals surface area contributed by atoms with Crippen LogP contribution in [0.25, 0.3) is 0 Å². The Hall–Kier alpha value is -2.27. The number of aliphatic hydroxyl groups excluding tert-OH is 1. The number of nitrogens with zero attached hydrogens (tertiary/aromatic N) is 1. The molecule has 21 heavy (non-hydrogen) atoms. The number of hydrogen-bond donors (Lipinski definition) is 2. The summed E-state index contributed by atoms with van der Waals surface area (Å²) >= 11 is 0. The smallest absolute Gasteiger partial charge is 0.240 e. The van der Waals surface area contributed by atoms with Gasteiger partial charge in [0.1, 0.15) is 5.75 Å². The highest BCUT2D eigenvalue weighted by atomic mass is 16.5. The molecule has 0 saturated heterocycles. The van der Waals surface area contributed by atoms with Crippen molar-refractivity contribution in [2.24, 2.45) is 5.92 Å². The fourth-order valence-electron chi connectivity index (χ4n) is 1.68. The molecular formula is C16H20N2O3. The van der Waals surface area contributed by atoms with Crippen molar-refractivity contribution < 1.29 is 14.6 Å². The standard InChI is InChI=1S/C16H20N2O3/c1-11(2)10-20-16-14(17)6-7-15(18-16)21-13-5-3-4-12(8-13)9-19/h3-8,11,19H,9-10,17H2,1-2H3. The highest BCUT2D eigenvalue weighted by Gasteiger charge is 2.07. The first kappa shape index (κ1) is 15.1. The molecule has 0 fully saturated rings. The first-order valence-electron chi connectivity index (χ1n) is 6.85. The van der Waals surface area contributed by atoms with E-state index < -0.39 is 0 Å². The second-order valence-electron chi connectivity index (χ2n) is 5.16. The highest BCUT2D eigenvalue weighted by Crippen LogP contribution is 2.26. The third kappa shape index (κ3) is 4.36. The van der Waals surface area contributed by atoms with Gasteiger partial charge in [-0.2, -0.15) is 4.98 Å². The Morgan fingerprint density at radius 2 is 2.05 bits per heavy atom. The molecule has 0 bridgehead atoms. The molecule has 1 heterocycles. The van der Waals surface area contributed by atoms with Gasteiger partial charge in [0.15, 0.2) is 0 Å². The predicted octanol–water partition coefficient (Wildman–Crippen LogP) is 2.98. The molecule has 2 rings (SSSR count). The second-order valence-corrected chi connectivity index (χ2v) is 5.16. The summed E-state index contributed by atoms with van der Waals surface area (Å²) in [4.78, 5) is 4.26. The van der Waals surface area contributed by atoms with E-state index in [1.807, 2.05) is 12.1 Å². The number of rotatable bonds is 6. The van der Waals surface area contributed by atoms with E-state index in [4.69, 9.17) is 20.3 Å². The van der Waals surface area contributed by atoms with Crippen LogP contribution in [0.4, 0.5) is 5.69 Å². The molecule has 0 spiro atoms. The summed E-state index contributed by atoms with van der Waals surface area (Å²) in [6, 6.07) is 10.6. The lowest BCUT2D eigenvalue weighted by atomic mass is 10.2. The summed E-state index contributed by atoms with van der Waals surface area (Å²) in [5, 5.41) is 9.12. The fourth-order valence-corrected chi connectivity index (χ4v) is 1.68. The number of aromatic nitrogens is 1. The van der Waals surface area contributed by atoms with Crippen molar-refractivity contribution in [3.8, 4) is 17.5 Å². The van der Waals surface area contributed by atoms with E-state index in [0.717, 1.165) is 5.56 Å². The summed E-state index contributed by atoms with van der Waals surface area (Å²) in [5.41, 5.74) is 7.09. The lowest BCUT2D eigenvalue weighted by molar-refractivity contribution is 0.260. The van der Waals surface area contributed by atoms with Crippen LogP contribution in [-0.4, -0.2) is 16.7 Å². The number of hydrogen-bond acceptors (Lipinski definition) is 5. The van der Waals surface area contributed by atoms with Gasteiger partial charge < -0.3 is 20.3 Å². The molecule has 0 unspecified atom stereocenters. The van der Waals surface area contributed by atoms with Gasteiger partial charge in [0.25, 0.3) is 0 Å². The molecule has 5 heteroatoms. The Balaban J connectivity index is 2.14. The minimum atomic E-state index is -0.0326. The average Bonchev–Trinajstić information content (AvgIpc) is 2.48. The van der Waals surface area contributed by atoms with Gasteiger partial charge in [-0.05, 0) is 29.7 Å². The van der Waals surface area contributed by atoms with Crippen LogP contribution >= 0.6 is 0 Å². The van der Waals surface area contributed by atoms with Gasteiger partial charge in [-0.15, -0.1) is 0 Å². The zero-order valence-electron chi connectivity index (χ0n) is 12.2. The fraction of sp³-hybridized carbons (Fsp3) is 0.312. The van der Waals surface area contributed by atoms with E-state index in [1.54, 1.807) is 24.3 Å². The Labute approximate surface area is 124 Å². The molecule has 0 aliphatic carbocycles. The van der Waals surface area contributed by atoms with Crippen LogP contribution in [0, 0.1) is 5.92 Å². The van der Waals surface area contributed by atoms with Crippen molar-refractivity contribution in [3.05, 3.63) is 42.0 Å². The quantitative estimate of drug-likeness (QED) is 0.854. The first-order chi connectivity index (χ1) is 10.1. The van der Waals surface area contributed by atoms with Crippen molar-refractivity contribution >= 4 is 5.69 Å². The second kappa shape index (κ2) is 6.95. The monoisotopic (exact) mass is 288 g/mol. The molecule has 0 saturated carbocycles. The van der Waals surface area contributed by atoms with Crippen LogP contribution in [-0.2, 0) is 6.61 Å². The Morgan fingerprint density at radius 1 is 1.24 bits per heavy atom. The third-order valence-electron chi connectivity index (χ3n) is 2.72. The first-order valence-corrected chi connectivity index (χ1v) is 6.85. The number of anilines is 1. The number of aliphatic hydroxyl groups is 1. The zero-order chi connectivity index (χ0) is 15.2. The summed E-state index contributed by atoms with van der Waals surface area (Å²) in [5.74, 6) is 1.77. The molecule has 3 N–H and O–H groups in total. The molecule has 112 valence electrons. The Bertz CT molecular complexity index is 600. The summed E-state index contributed by atoms with van der Waals surface area (Å²) in [7, 11) is 0. The average molecular weight is 288 g/mol. The lowest BCUT2D eigenvalue weighted by Crippen LogP contribution is -2.07. The molecule has 0 amide bonds. The van der Waals surface area contributed by atoms with Crippen molar-refractivity contribution in [2.75, 3.05) is 12.3 Å². The molecule has 5 nitrogen and oxygen atoms in total. The number of nitrogen functional groups attached to an aromatic ring is 1. The molecule has 2 aromatic rings. The highest BCUT2D eigenvalue weighted by molar-refractivity contribution is 5.49. The van der Waals surface area contributed by atoms with Gasteiger partial charge in [0, 0.05) is 6.07 Å². The van der Waals surface area contributed by atoms with Gasteiger partial charge in [0.2, 0.25) is 11.8 Å². The number of ether oxygens (including phenoxy) is 2. The van der Waals surface area contributed by atoms with Crippen molar-refractivity contribution in [1.29, 1.82) is 0 Å². The van der Waals surface area contributed by atoms with Crippen molar-refractivity contribution in [1.82, 2.24) is 4.98 Å². The third-order valence-corrected chi connectivity index (χ3v) is 2.72. The van der Waals surface area contributed by atoms with Gasteiger partial charge in [-0.1, -0.05) is 26.0 Å². The topological polar surface area (TPSA) is 77.6 Å². The minimum Gasteiger partial charge on any atom is -0.476 e. The van der Waals surface area contributed by atoms with E-state index in [9.17, 15) is 0 Å². The van der Waals surface area contributed by atoms with Crippen molar-refractivity contribution in [2.45, 2.75) is 20.5 Å². The molecule has 0 atom stereocenters. The summed E-state index contributed by atoms with van der Waals surface area (Å²) < 4.78 is 11.2. The van der Waals surface area contributed by atoms with Gasteiger partial charge in [-0.3, -0.25) is 0 Å². The van der Waals surface area contributed by atoms with Crippen LogP contribution in [0.15, 0.2) is 36.4 Å². The van der Waals surface area contributed by atoms with Crippen LogP contribution in [0.1, 0.15) is 19.4 Å². The van der Waals surface area contributed by atoms with Gasteiger partial charge >= 0.3 is 0 Å². The largest absolute Gasteiger partial charge is 0.476 e. The molecular weight excluding hydrogens is 268 g/mol. The van der Waals surface area contributed by atoms with Crippen LogP contribution in [0.2, 0.25) is 0 Å². The predicted molar refractivity (Wildman–Crippen MR) is 81.4 cm³/mol. The zero-order valence-corrected chi connectivity index (χ0v) is 12.2. The van der Waals surface area contributed by atoms with E-state index in [2.05, 4.69) is 18.8 Å². The minimum absolute atomic E-state index is 0.0326. The maximum Gasteiger partial charge on any atom is 0.240 e. The maximum atomic E-state index is 9.12. The number of benzene rings is 1. The van der Waals surface area contributed by atoms with Crippen LogP contribution in [0.5, 0.6) is 17.5 Å². The molecule has 0 aliphatic heterocycles. The normalized spacial score (nSPS) is 10.7. The van der Waals surface area contributed by atoms with Gasteiger partial charge in [-0.25, -0.2) is 0 Å². The van der Waals surface area contributed by atoms with E-state index >= 15 is 0 Å². The molecule has 0 aliphatic rings. The summed E-state index contributed by atoms with van der Waals surface area (Å²) in [6.07, 6.45) is 0. The SMILES string of the molecule is CC(C)COc1nc(Oc2cccc(CO)c2)ccc1N. The molecule has 1 aromatic carbocycles. The number of pyridine rings is 1. The van der Waals surface area contributed by atoms with Crippen molar-refractivity contribution in [3.63, 3.8) is 0 Å². The molecule has 1 aromatic heterocycles. The van der Waals surface area contributed by atoms with E-state index in [-0.39, 0.29) is 6.61 Å². The van der Waals surface area contributed by atoms with Crippen LogP contribution < -0.4 is 15.2 Å². The maximum absolute atomic E-state index is 9.12.